The van der Waals surface area contributed by atoms with Crippen LogP contribution < -0.4 is 10.6 Å². The number of benzene rings is 1. The van der Waals surface area contributed by atoms with Crippen LogP contribution in [0.4, 0.5) is 16.0 Å². The number of anilines is 2. The van der Waals surface area contributed by atoms with Crippen LogP contribution in [0.15, 0.2) is 47.0 Å². The van der Waals surface area contributed by atoms with Gasteiger partial charge in [0.15, 0.2) is 11.5 Å². The molecule has 0 aliphatic carbocycles. The summed E-state index contributed by atoms with van der Waals surface area (Å²) in [4.78, 5) is 12.0. The zero-order chi connectivity index (χ0) is 17.6. The lowest BCUT2D eigenvalue weighted by Gasteiger charge is -2.06. The zero-order valence-electron chi connectivity index (χ0n) is 13.5. The second kappa shape index (κ2) is 7.52. The third-order valence-electron chi connectivity index (χ3n) is 3.40. The molecule has 2 aromatic heterocycles. The van der Waals surface area contributed by atoms with Gasteiger partial charge >= 0.3 is 0 Å². The number of aryl methyl sites for hydroxylation is 1. The Hall–Kier alpha value is -3.29. The molecule has 0 bridgehead atoms. The fraction of sp³-hybridized carbons (Fsp3) is 0.176. The molecule has 3 aromatic rings. The molecule has 128 valence electrons. The van der Waals surface area contributed by atoms with Gasteiger partial charge in [0, 0.05) is 12.6 Å². The highest BCUT2D eigenvalue weighted by Gasteiger charge is 2.11. The van der Waals surface area contributed by atoms with Crippen molar-refractivity contribution in [1.29, 1.82) is 0 Å². The van der Waals surface area contributed by atoms with Gasteiger partial charge in [-0.25, -0.2) is 4.39 Å². The van der Waals surface area contributed by atoms with E-state index in [1.165, 1.54) is 12.1 Å². The number of aromatic nitrogens is 3. The van der Waals surface area contributed by atoms with E-state index in [9.17, 15) is 9.18 Å². The van der Waals surface area contributed by atoms with E-state index in [0.717, 1.165) is 12.0 Å². The highest BCUT2D eigenvalue weighted by atomic mass is 19.1. The average molecular weight is 341 g/mol. The Balaban J connectivity index is 1.51. The molecule has 1 aromatic carbocycles. The Morgan fingerprint density at radius 2 is 1.92 bits per heavy atom. The van der Waals surface area contributed by atoms with Crippen molar-refractivity contribution in [3.05, 3.63) is 65.3 Å². The Bertz CT molecular complexity index is 846. The molecule has 0 saturated carbocycles. The minimum atomic E-state index is -0.418. The third kappa shape index (κ3) is 4.60. The van der Waals surface area contributed by atoms with Crippen molar-refractivity contribution in [2.45, 2.75) is 13.3 Å². The molecule has 0 fully saturated rings. The van der Waals surface area contributed by atoms with Crippen molar-refractivity contribution < 1.29 is 13.7 Å². The van der Waals surface area contributed by atoms with Gasteiger partial charge in [-0.2, -0.15) is 0 Å². The highest BCUT2D eigenvalue weighted by molar-refractivity contribution is 6.02. The van der Waals surface area contributed by atoms with Crippen molar-refractivity contribution in [2.75, 3.05) is 17.2 Å². The van der Waals surface area contributed by atoms with Crippen molar-refractivity contribution in [3.63, 3.8) is 0 Å². The van der Waals surface area contributed by atoms with Gasteiger partial charge < -0.3 is 15.2 Å². The largest absolute Gasteiger partial charge is 0.368 e. The van der Waals surface area contributed by atoms with Crippen LogP contribution in [0.5, 0.6) is 0 Å². The molecular weight excluding hydrogens is 325 g/mol. The molecule has 0 unspecified atom stereocenters. The number of nitrogens with zero attached hydrogens (tertiary/aromatic N) is 3. The molecule has 3 rings (SSSR count). The van der Waals surface area contributed by atoms with Gasteiger partial charge in [0.05, 0.1) is 0 Å². The number of nitrogens with one attached hydrogen (secondary N) is 2. The molecular formula is C17H16FN5O2. The molecule has 0 aliphatic rings. The van der Waals surface area contributed by atoms with Gasteiger partial charge in [-0.1, -0.05) is 17.3 Å². The predicted octanol–water partition coefficient (Wildman–Crippen LogP) is 2.82. The van der Waals surface area contributed by atoms with Gasteiger partial charge in [-0.05, 0) is 43.2 Å². The normalized spacial score (nSPS) is 10.5. The molecule has 1 amide bonds. The van der Waals surface area contributed by atoms with E-state index in [2.05, 4.69) is 26.0 Å². The lowest BCUT2D eigenvalue weighted by molar-refractivity contribution is 0.102. The van der Waals surface area contributed by atoms with Gasteiger partial charge in [0.1, 0.15) is 17.4 Å². The molecule has 0 saturated heterocycles. The second-order valence-electron chi connectivity index (χ2n) is 5.38. The first-order valence-electron chi connectivity index (χ1n) is 7.67. The highest BCUT2D eigenvalue weighted by Crippen LogP contribution is 2.10. The summed E-state index contributed by atoms with van der Waals surface area (Å²) in [7, 11) is 0. The standard InChI is InChI=1S/C17H16FN5O2/c1-11-10-16(23-25-11)20-17(24)14-6-7-15(22-21-14)19-9-8-12-2-4-13(18)5-3-12/h2-7,10H,8-9H2,1H3,(H,19,22)(H,20,23,24). The molecule has 2 N–H and O–H groups in total. The minimum Gasteiger partial charge on any atom is -0.368 e. The fourth-order valence-corrected chi connectivity index (χ4v) is 2.14. The molecule has 0 atom stereocenters. The minimum absolute atomic E-state index is 0.171. The van der Waals surface area contributed by atoms with Gasteiger partial charge in [-0.3, -0.25) is 4.79 Å². The first kappa shape index (κ1) is 16.6. The zero-order valence-corrected chi connectivity index (χ0v) is 13.5. The van der Waals surface area contributed by atoms with Gasteiger partial charge in [-0.15, -0.1) is 10.2 Å². The van der Waals surface area contributed by atoms with Crippen LogP contribution in [0.2, 0.25) is 0 Å². The van der Waals surface area contributed by atoms with E-state index < -0.39 is 5.91 Å². The smallest absolute Gasteiger partial charge is 0.277 e. The Labute approximate surface area is 143 Å². The quantitative estimate of drug-likeness (QED) is 0.716. The molecule has 7 nitrogen and oxygen atoms in total. The molecule has 8 heteroatoms. The maximum atomic E-state index is 12.8. The summed E-state index contributed by atoms with van der Waals surface area (Å²) in [5, 5.41) is 17.2. The molecule has 2 heterocycles. The number of rotatable bonds is 6. The lowest BCUT2D eigenvalue weighted by atomic mass is 10.1. The SMILES string of the molecule is Cc1cc(NC(=O)c2ccc(NCCc3ccc(F)cc3)nn2)no1. The molecule has 0 spiro atoms. The number of hydrogen-bond donors (Lipinski definition) is 2. The van der Waals surface area contributed by atoms with Crippen LogP contribution in [0.3, 0.4) is 0 Å². The summed E-state index contributed by atoms with van der Waals surface area (Å²) < 4.78 is 17.7. The molecule has 0 aliphatic heterocycles. The second-order valence-corrected chi connectivity index (χ2v) is 5.38. The fourth-order valence-electron chi connectivity index (χ4n) is 2.14. The van der Waals surface area contributed by atoms with E-state index >= 15 is 0 Å². The van der Waals surface area contributed by atoms with Crippen LogP contribution >= 0.6 is 0 Å². The van der Waals surface area contributed by atoms with Crippen molar-refractivity contribution in [3.8, 4) is 0 Å². The van der Waals surface area contributed by atoms with E-state index in [-0.39, 0.29) is 11.5 Å². The van der Waals surface area contributed by atoms with Crippen molar-refractivity contribution >= 4 is 17.5 Å². The number of carbonyl (C=O) groups is 1. The summed E-state index contributed by atoms with van der Waals surface area (Å²) in [6.45, 7) is 2.35. The van der Waals surface area contributed by atoms with Gasteiger partial charge in [0.25, 0.3) is 5.91 Å². The predicted molar refractivity (Wildman–Crippen MR) is 89.8 cm³/mol. The third-order valence-corrected chi connectivity index (χ3v) is 3.40. The molecule has 0 radical (unpaired) electrons. The van der Waals surface area contributed by atoms with E-state index in [1.807, 2.05) is 0 Å². The Kier molecular flexibility index (Phi) is 4.98. The summed E-state index contributed by atoms with van der Waals surface area (Å²) in [6, 6.07) is 11.2. The Morgan fingerprint density at radius 1 is 1.12 bits per heavy atom. The lowest BCUT2D eigenvalue weighted by Crippen LogP contribution is -2.15. The summed E-state index contributed by atoms with van der Waals surface area (Å²) in [6.07, 6.45) is 0.718. The maximum absolute atomic E-state index is 12.8. The monoisotopic (exact) mass is 341 g/mol. The summed E-state index contributed by atoms with van der Waals surface area (Å²) in [5.41, 5.74) is 1.19. The number of carbonyl (C=O) groups excluding carboxylic acids is 1. The van der Waals surface area contributed by atoms with E-state index in [0.29, 0.717) is 23.9 Å². The van der Waals surface area contributed by atoms with Crippen LogP contribution in [0, 0.1) is 12.7 Å². The number of hydrogen-bond acceptors (Lipinski definition) is 6. The van der Waals surface area contributed by atoms with E-state index in [1.54, 1.807) is 37.3 Å². The van der Waals surface area contributed by atoms with Crippen LogP contribution in [0.1, 0.15) is 21.8 Å². The summed E-state index contributed by atoms with van der Waals surface area (Å²) >= 11 is 0. The van der Waals surface area contributed by atoms with Crippen LogP contribution in [-0.2, 0) is 6.42 Å². The van der Waals surface area contributed by atoms with E-state index in [4.69, 9.17) is 4.52 Å². The topological polar surface area (TPSA) is 92.9 Å². The maximum Gasteiger partial charge on any atom is 0.277 e. The average Bonchev–Trinajstić information content (AvgIpc) is 3.02. The summed E-state index contributed by atoms with van der Waals surface area (Å²) in [5.74, 6) is 0.805. The first-order valence-corrected chi connectivity index (χ1v) is 7.67. The van der Waals surface area contributed by atoms with Crippen molar-refractivity contribution in [2.24, 2.45) is 0 Å². The first-order chi connectivity index (χ1) is 12.1. The van der Waals surface area contributed by atoms with Crippen LogP contribution in [-0.4, -0.2) is 27.8 Å². The van der Waals surface area contributed by atoms with Crippen molar-refractivity contribution in [1.82, 2.24) is 15.4 Å². The van der Waals surface area contributed by atoms with Crippen LogP contribution in [0.25, 0.3) is 0 Å². The molecule has 25 heavy (non-hydrogen) atoms. The van der Waals surface area contributed by atoms with Gasteiger partial charge in [0.2, 0.25) is 0 Å². The Morgan fingerprint density at radius 3 is 2.56 bits per heavy atom. The number of amides is 1. The number of halogens is 1.